The minimum absolute atomic E-state index is 0.0438. The Bertz CT molecular complexity index is 921. The van der Waals surface area contributed by atoms with E-state index in [1.54, 1.807) is 25.2 Å². The van der Waals surface area contributed by atoms with Gasteiger partial charge in [0.25, 0.3) is 5.91 Å². The molecule has 7 heteroatoms. The summed E-state index contributed by atoms with van der Waals surface area (Å²) in [5.74, 6) is -0.496. The maximum atomic E-state index is 12.5. The van der Waals surface area contributed by atoms with Gasteiger partial charge in [-0.2, -0.15) is 5.26 Å². The molecule has 130 valence electrons. The smallest absolute Gasteiger partial charge is 0.290 e. The van der Waals surface area contributed by atoms with Crippen molar-refractivity contribution in [3.8, 4) is 6.07 Å². The van der Waals surface area contributed by atoms with Gasteiger partial charge in [-0.3, -0.25) is 4.79 Å². The molecule has 1 amide bonds. The molecule has 0 bridgehead atoms. The zero-order valence-corrected chi connectivity index (χ0v) is 14.6. The van der Waals surface area contributed by atoms with Crippen LogP contribution < -0.4 is 0 Å². The lowest BCUT2D eigenvalue weighted by Crippen LogP contribution is -2.53. The lowest BCUT2D eigenvalue weighted by molar-refractivity contribution is 0.0465. The molecule has 3 rings (SSSR count). The molecule has 1 aliphatic carbocycles. The van der Waals surface area contributed by atoms with Gasteiger partial charge in [0.1, 0.15) is 17.1 Å². The van der Waals surface area contributed by atoms with Crippen molar-refractivity contribution >= 4 is 15.7 Å². The molecule has 1 aliphatic rings. The highest BCUT2D eigenvalue weighted by Crippen LogP contribution is 2.37. The standard InChI is InChI=1S/C18H18N2O4S/c1-20(18(13-19)10-5-11-18)17(21)16-9-8-14(24-16)12-25(22,23)15-6-3-2-4-7-15/h2-4,6-9H,5,10-12H2,1H3. The highest BCUT2D eigenvalue weighted by molar-refractivity contribution is 7.90. The highest BCUT2D eigenvalue weighted by Gasteiger charge is 2.44. The Morgan fingerprint density at radius 2 is 1.92 bits per heavy atom. The third-order valence-electron chi connectivity index (χ3n) is 4.64. The summed E-state index contributed by atoms with van der Waals surface area (Å²) in [5, 5.41) is 9.33. The van der Waals surface area contributed by atoms with Crippen molar-refractivity contribution < 1.29 is 17.6 Å². The number of hydrogen-bond donors (Lipinski definition) is 0. The summed E-state index contributed by atoms with van der Waals surface area (Å²) in [6.45, 7) is 0. The first-order chi connectivity index (χ1) is 11.9. The van der Waals surface area contributed by atoms with E-state index >= 15 is 0 Å². The number of rotatable bonds is 5. The largest absolute Gasteiger partial charge is 0.455 e. The molecule has 2 aromatic rings. The fraction of sp³-hybridized carbons (Fsp3) is 0.333. The minimum atomic E-state index is -3.54. The molecule has 6 nitrogen and oxygen atoms in total. The molecule has 0 unspecified atom stereocenters. The van der Waals surface area contributed by atoms with Crippen LogP contribution in [0.15, 0.2) is 51.8 Å². The van der Waals surface area contributed by atoms with E-state index in [1.165, 1.54) is 29.2 Å². The molecule has 1 saturated carbocycles. The number of carbonyl (C=O) groups excluding carboxylic acids is 1. The zero-order valence-electron chi connectivity index (χ0n) is 13.8. The zero-order chi connectivity index (χ0) is 18.1. The Morgan fingerprint density at radius 1 is 1.24 bits per heavy atom. The summed E-state index contributed by atoms with van der Waals surface area (Å²) in [5.41, 5.74) is -0.778. The van der Waals surface area contributed by atoms with Crippen LogP contribution in [0, 0.1) is 11.3 Å². The maximum Gasteiger partial charge on any atom is 0.290 e. The van der Waals surface area contributed by atoms with Crippen molar-refractivity contribution in [3.05, 3.63) is 54.0 Å². The van der Waals surface area contributed by atoms with Crippen LogP contribution in [-0.4, -0.2) is 31.8 Å². The van der Waals surface area contributed by atoms with Crippen LogP contribution in [0.4, 0.5) is 0 Å². The van der Waals surface area contributed by atoms with E-state index in [2.05, 4.69) is 6.07 Å². The van der Waals surface area contributed by atoms with Crippen molar-refractivity contribution in [3.63, 3.8) is 0 Å². The molecule has 1 aromatic heterocycles. The second-order valence-corrected chi connectivity index (χ2v) is 8.19. The van der Waals surface area contributed by atoms with E-state index in [1.807, 2.05) is 0 Å². The van der Waals surface area contributed by atoms with Crippen LogP contribution in [0.3, 0.4) is 0 Å². The first-order valence-electron chi connectivity index (χ1n) is 7.94. The molecule has 0 spiro atoms. The lowest BCUT2D eigenvalue weighted by atomic mass is 9.76. The Balaban J connectivity index is 1.77. The minimum Gasteiger partial charge on any atom is -0.455 e. The number of sulfone groups is 1. The van der Waals surface area contributed by atoms with Crippen molar-refractivity contribution in [2.45, 2.75) is 35.4 Å². The molecule has 0 N–H and O–H groups in total. The second kappa shape index (κ2) is 6.37. The number of amides is 1. The van der Waals surface area contributed by atoms with Crippen LogP contribution in [0.1, 0.15) is 35.6 Å². The second-order valence-electron chi connectivity index (χ2n) is 6.20. The Labute approximate surface area is 146 Å². The van der Waals surface area contributed by atoms with Gasteiger partial charge in [-0.05, 0) is 43.5 Å². The molecule has 25 heavy (non-hydrogen) atoms. The number of furan rings is 1. The highest BCUT2D eigenvalue weighted by atomic mass is 32.2. The summed E-state index contributed by atoms with van der Waals surface area (Å²) in [6.07, 6.45) is 2.19. The van der Waals surface area contributed by atoms with Crippen molar-refractivity contribution in [2.75, 3.05) is 7.05 Å². The molecule has 1 aromatic carbocycles. The first-order valence-corrected chi connectivity index (χ1v) is 9.59. The number of carbonyl (C=O) groups is 1. The van der Waals surface area contributed by atoms with Crippen molar-refractivity contribution in [1.82, 2.24) is 4.90 Å². The lowest BCUT2D eigenvalue weighted by Gasteiger charge is -2.42. The molecule has 1 heterocycles. The average Bonchev–Trinajstić information content (AvgIpc) is 3.02. The fourth-order valence-corrected chi connectivity index (χ4v) is 4.13. The van der Waals surface area contributed by atoms with Gasteiger partial charge in [-0.15, -0.1) is 0 Å². The molecule has 1 fully saturated rings. The van der Waals surface area contributed by atoms with Crippen LogP contribution in [0.5, 0.6) is 0 Å². The van der Waals surface area contributed by atoms with Gasteiger partial charge in [0.15, 0.2) is 15.6 Å². The van der Waals surface area contributed by atoms with Gasteiger partial charge in [0, 0.05) is 7.05 Å². The normalized spacial score (nSPS) is 15.8. The van der Waals surface area contributed by atoms with Gasteiger partial charge in [-0.25, -0.2) is 8.42 Å². The topological polar surface area (TPSA) is 91.4 Å². The summed E-state index contributed by atoms with van der Waals surface area (Å²) >= 11 is 0. The molecule has 0 radical (unpaired) electrons. The maximum absolute atomic E-state index is 12.5. The van der Waals surface area contributed by atoms with Crippen LogP contribution in [0.25, 0.3) is 0 Å². The summed E-state index contributed by atoms with van der Waals surface area (Å²) in [6, 6.07) is 13.2. The van der Waals surface area contributed by atoms with Gasteiger partial charge in [0.05, 0.1) is 11.0 Å². The van der Waals surface area contributed by atoms with Crippen molar-refractivity contribution in [1.29, 1.82) is 5.26 Å². The van der Waals surface area contributed by atoms with Gasteiger partial charge in [0.2, 0.25) is 0 Å². The molecular formula is C18H18N2O4S. The quantitative estimate of drug-likeness (QED) is 0.819. The number of benzene rings is 1. The molecule has 0 saturated heterocycles. The third kappa shape index (κ3) is 3.17. The summed E-state index contributed by atoms with van der Waals surface area (Å²) in [7, 11) is -1.97. The van der Waals surface area contributed by atoms with Crippen LogP contribution >= 0.6 is 0 Å². The predicted molar refractivity (Wildman–Crippen MR) is 90.3 cm³/mol. The van der Waals surface area contributed by atoms with E-state index in [0.29, 0.717) is 12.8 Å². The van der Waals surface area contributed by atoms with Crippen molar-refractivity contribution in [2.24, 2.45) is 0 Å². The Morgan fingerprint density at radius 3 is 2.48 bits per heavy atom. The molecular weight excluding hydrogens is 340 g/mol. The van der Waals surface area contributed by atoms with E-state index in [4.69, 9.17) is 4.42 Å². The fourth-order valence-electron chi connectivity index (χ4n) is 2.86. The first kappa shape index (κ1) is 17.2. The van der Waals surface area contributed by atoms with E-state index in [-0.39, 0.29) is 22.2 Å². The van der Waals surface area contributed by atoms with Gasteiger partial charge in [-0.1, -0.05) is 18.2 Å². The summed E-state index contributed by atoms with van der Waals surface area (Å²) in [4.78, 5) is 14.1. The number of hydrogen-bond acceptors (Lipinski definition) is 5. The predicted octanol–water partition coefficient (Wildman–Crippen LogP) is 2.77. The van der Waals surface area contributed by atoms with Crippen LogP contribution in [-0.2, 0) is 15.6 Å². The van der Waals surface area contributed by atoms with Crippen LogP contribution in [0.2, 0.25) is 0 Å². The average molecular weight is 358 g/mol. The van der Waals surface area contributed by atoms with E-state index in [0.717, 1.165) is 6.42 Å². The summed E-state index contributed by atoms with van der Waals surface area (Å²) < 4.78 is 30.2. The molecule has 0 aliphatic heterocycles. The van der Waals surface area contributed by atoms with E-state index in [9.17, 15) is 18.5 Å². The van der Waals surface area contributed by atoms with E-state index < -0.39 is 21.3 Å². The van der Waals surface area contributed by atoms with Gasteiger partial charge < -0.3 is 9.32 Å². The Kier molecular flexibility index (Phi) is 4.39. The number of nitrogens with zero attached hydrogens (tertiary/aromatic N) is 2. The Hall–Kier alpha value is -2.59. The monoisotopic (exact) mass is 358 g/mol. The number of nitriles is 1. The molecule has 0 atom stereocenters. The van der Waals surface area contributed by atoms with Gasteiger partial charge >= 0.3 is 0 Å². The third-order valence-corrected chi connectivity index (χ3v) is 6.30. The SMILES string of the molecule is CN(C(=O)c1ccc(CS(=O)(=O)c2ccccc2)o1)C1(C#N)CCC1.